The molecule has 0 bridgehead atoms. The molecule has 0 aliphatic carbocycles. The first-order valence-corrected chi connectivity index (χ1v) is 9.10. The van der Waals surface area contributed by atoms with Gasteiger partial charge in [0.2, 0.25) is 5.95 Å². The van der Waals surface area contributed by atoms with Crippen molar-refractivity contribution in [2.45, 2.75) is 19.4 Å². The Kier molecular flexibility index (Phi) is 4.67. The van der Waals surface area contributed by atoms with Gasteiger partial charge in [0.25, 0.3) is 0 Å². The molecule has 3 aromatic rings. The van der Waals surface area contributed by atoms with E-state index in [-0.39, 0.29) is 11.8 Å². The molecule has 1 N–H and O–H groups in total. The highest BCUT2D eigenvalue weighted by molar-refractivity contribution is 6.10. The van der Waals surface area contributed by atoms with Crippen LogP contribution in [0.25, 0.3) is 10.9 Å². The van der Waals surface area contributed by atoms with Gasteiger partial charge in [0.05, 0.1) is 6.04 Å². The topological polar surface area (TPSA) is 65.1 Å². The number of fused-ring (bicyclic) bond motifs is 1. The molecule has 4 rings (SSSR count). The standard InChI is InChI=1S/C20H23N5O/c1-15(19(26)17-14-23-18-7-3-2-6-16(17)18)24-10-5-11-25(13-12-24)20-21-8-4-9-22-20/h2-4,6-9,14-15,23H,5,10-13H2,1H3/t15-/m0/s1. The Morgan fingerprint density at radius 1 is 1.08 bits per heavy atom. The van der Waals surface area contributed by atoms with E-state index in [4.69, 9.17) is 0 Å². The molecule has 1 saturated heterocycles. The van der Waals surface area contributed by atoms with Crippen molar-refractivity contribution in [1.82, 2.24) is 19.9 Å². The molecule has 3 heterocycles. The second-order valence-corrected chi connectivity index (χ2v) is 6.71. The fourth-order valence-electron chi connectivity index (χ4n) is 3.65. The summed E-state index contributed by atoms with van der Waals surface area (Å²) in [4.78, 5) is 29.5. The van der Waals surface area contributed by atoms with Gasteiger partial charge in [0.15, 0.2) is 5.78 Å². The number of rotatable bonds is 4. The van der Waals surface area contributed by atoms with E-state index in [1.807, 2.05) is 43.5 Å². The Hall–Kier alpha value is -2.73. The van der Waals surface area contributed by atoms with E-state index in [0.29, 0.717) is 0 Å². The number of carbonyl (C=O) groups excluding carboxylic acids is 1. The Morgan fingerprint density at radius 3 is 2.73 bits per heavy atom. The molecule has 134 valence electrons. The van der Waals surface area contributed by atoms with Crippen LogP contribution in [0.15, 0.2) is 48.9 Å². The Bertz CT molecular complexity index is 891. The van der Waals surface area contributed by atoms with Crippen LogP contribution in [0.5, 0.6) is 0 Å². The predicted molar refractivity (Wildman–Crippen MR) is 103 cm³/mol. The van der Waals surface area contributed by atoms with Gasteiger partial charge in [-0.1, -0.05) is 18.2 Å². The first-order chi connectivity index (χ1) is 12.7. The Labute approximate surface area is 152 Å². The summed E-state index contributed by atoms with van der Waals surface area (Å²) < 4.78 is 0. The van der Waals surface area contributed by atoms with Gasteiger partial charge < -0.3 is 9.88 Å². The van der Waals surface area contributed by atoms with Crippen LogP contribution < -0.4 is 4.90 Å². The molecule has 1 atom stereocenters. The molecule has 0 amide bonds. The molecule has 1 aromatic carbocycles. The predicted octanol–water partition coefficient (Wildman–Crippen LogP) is 2.74. The summed E-state index contributed by atoms with van der Waals surface area (Å²) in [6, 6.07) is 9.64. The van der Waals surface area contributed by atoms with E-state index < -0.39 is 0 Å². The smallest absolute Gasteiger partial charge is 0.225 e. The van der Waals surface area contributed by atoms with Crippen molar-refractivity contribution in [3.63, 3.8) is 0 Å². The molecule has 0 saturated carbocycles. The highest BCUT2D eigenvalue weighted by Crippen LogP contribution is 2.21. The first kappa shape index (κ1) is 16.7. The van der Waals surface area contributed by atoms with Crippen LogP contribution in [0.1, 0.15) is 23.7 Å². The minimum absolute atomic E-state index is 0.147. The molecule has 0 unspecified atom stereocenters. The molecular weight excluding hydrogens is 326 g/mol. The number of anilines is 1. The first-order valence-electron chi connectivity index (χ1n) is 9.10. The number of Topliss-reactive ketones (excluding diaryl/α,β-unsaturated/α-hetero) is 1. The number of aromatic nitrogens is 3. The molecule has 6 nitrogen and oxygen atoms in total. The Balaban J connectivity index is 1.48. The summed E-state index contributed by atoms with van der Waals surface area (Å²) >= 11 is 0. The van der Waals surface area contributed by atoms with E-state index in [0.717, 1.165) is 55.0 Å². The zero-order chi connectivity index (χ0) is 17.9. The maximum Gasteiger partial charge on any atom is 0.225 e. The van der Waals surface area contributed by atoms with E-state index in [2.05, 4.69) is 24.8 Å². The van der Waals surface area contributed by atoms with Gasteiger partial charge in [-0.3, -0.25) is 9.69 Å². The molecule has 1 aliphatic rings. The monoisotopic (exact) mass is 349 g/mol. The number of benzene rings is 1. The van der Waals surface area contributed by atoms with Crippen LogP contribution in [0.4, 0.5) is 5.95 Å². The van der Waals surface area contributed by atoms with Crippen LogP contribution >= 0.6 is 0 Å². The van der Waals surface area contributed by atoms with Gasteiger partial charge >= 0.3 is 0 Å². The normalized spacial score (nSPS) is 17.2. The van der Waals surface area contributed by atoms with Crippen LogP contribution in [0, 0.1) is 0 Å². The Morgan fingerprint density at radius 2 is 1.88 bits per heavy atom. The summed E-state index contributed by atoms with van der Waals surface area (Å²) in [7, 11) is 0. The third kappa shape index (κ3) is 3.20. The quantitative estimate of drug-likeness (QED) is 0.734. The number of aromatic amines is 1. The highest BCUT2D eigenvalue weighted by Gasteiger charge is 2.26. The lowest BCUT2D eigenvalue weighted by Gasteiger charge is -2.26. The third-order valence-corrected chi connectivity index (χ3v) is 5.15. The van der Waals surface area contributed by atoms with E-state index in [1.165, 1.54) is 0 Å². The van der Waals surface area contributed by atoms with Gasteiger partial charge in [0.1, 0.15) is 0 Å². The lowest BCUT2D eigenvalue weighted by Crippen LogP contribution is -2.41. The lowest BCUT2D eigenvalue weighted by molar-refractivity contribution is 0.0849. The average Bonchev–Trinajstić information content (AvgIpc) is 2.96. The summed E-state index contributed by atoms with van der Waals surface area (Å²) in [5.41, 5.74) is 1.78. The number of ketones is 1. The summed E-state index contributed by atoms with van der Waals surface area (Å²) in [6.45, 7) is 5.48. The zero-order valence-corrected chi connectivity index (χ0v) is 14.9. The van der Waals surface area contributed by atoms with Crippen molar-refractivity contribution in [3.8, 4) is 0 Å². The van der Waals surface area contributed by atoms with Crippen molar-refractivity contribution < 1.29 is 4.79 Å². The molecule has 0 radical (unpaired) electrons. The zero-order valence-electron chi connectivity index (χ0n) is 14.9. The molecule has 0 spiro atoms. The molecule has 1 aliphatic heterocycles. The number of H-pyrrole nitrogens is 1. The highest BCUT2D eigenvalue weighted by atomic mass is 16.1. The van der Waals surface area contributed by atoms with Gasteiger partial charge in [-0.05, 0) is 25.5 Å². The van der Waals surface area contributed by atoms with Gasteiger partial charge in [-0.15, -0.1) is 0 Å². The SMILES string of the molecule is C[C@@H](C(=O)c1c[nH]c2ccccc12)N1CCCN(c2ncccn2)CC1. The number of hydrogen-bond acceptors (Lipinski definition) is 5. The second kappa shape index (κ2) is 7.25. The van der Waals surface area contributed by atoms with Gasteiger partial charge in [-0.2, -0.15) is 0 Å². The number of hydrogen-bond donors (Lipinski definition) is 1. The second-order valence-electron chi connectivity index (χ2n) is 6.71. The van der Waals surface area contributed by atoms with Gasteiger partial charge in [0, 0.05) is 61.2 Å². The lowest BCUT2D eigenvalue weighted by atomic mass is 10.0. The maximum atomic E-state index is 13.1. The van der Waals surface area contributed by atoms with Crippen molar-refractivity contribution >= 4 is 22.6 Å². The fraction of sp³-hybridized carbons (Fsp3) is 0.350. The summed E-state index contributed by atoms with van der Waals surface area (Å²) in [5, 5.41) is 0.999. The third-order valence-electron chi connectivity index (χ3n) is 5.15. The number of nitrogens with one attached hydrogen (secondary N) is 1. The van der Waals surface area contributed by atoms with Gasteiger partial charge in [-0.25, -0.2) is 9.97 Å². The van der Waals surface area contributed by atoms with Crippen molar-refractivity contribution in [3.05, 3.63) is 54.5 Å². The van der Waals surface area contributed by atoms with E-state index >= 15 is 0 Å². The number of para-hydroxylation sites is 1. The van der Waals surface area contributed by atoms with E-state index in [9.17, 15) is 4.79 Å². The summed E-state index contributed by atoms with van der Waals surface area (Å²) in [5.74, 6) is 0.941. The van der Waals surface area contributed by atoms with Crippen LogP contribution in [0.2, 0.25) is 0 Å². The summed E-state index contributed by atoms with van der Waals surface area (Å²) in [6.07, 6.45) is 6.37. The molecule has 2 aromatic heterocycles. The minimum Gasteiger partial charge on any atom is -0.360 e. The molecule has 26 heavy (non-hydrogen) atoms. The number of carbonyl (C=O) groups is 1. The average molecular weight is 349 g/mol. The maximum absolute atomic E-state index is 13.1. The van der Waals surface area contributed by atoms with Crippen LogP contribution in [-0.2, 0) is 0 Å². The van der Waals surface area contributed by atoms with Crippen LogP contribution in [0.3, 0.4) is 0 Å². The molecular formula is C20H23N5O. The fourth-order valence-corrected chi connectivity index (χ4v) is 3.65. The van der Waals surface area contributed by atoms with Crippen LogP contribution in [-0.4, -0.2) is 57.9 Å². The van der Waals surface area contributed by atoms with Crippen molar-refractivity contribution in [2.24, 2.45) is 0 Å². The molecule has 1 fully saturated rings. The molecule has 6 heteroatoms. The minimum atomic E-state index is -0.147. The van der Waals surface area contributed by atoms with E-state index in [1.54, 1.807) is 12.4 Å². The van der Waals surface area contributed by atoms with Crippen molar-refractivity contribution in [1.29, 1.82) is 0 Å². The largest absolute Gasteiger partial charge is 0.360 e. The van der Waals surface area contributed by atoms with Crippen molar-refractivity contribution in [2.75, 3.05) is 31.1 Å². The number of nitrogens with zero attached hydrogens (tertiary/aromatic N) is 4.